The molecule has 0 spiro atoms. The van der Waals surface area contributed by atoms with Gasteiger partial charge in [-0.3, -0.25) is 0 Å². The van der Waals surface area contributed by atoms with Crippen molar-refractivity contribution >= 4 is 11.0 Å². The summed E-state index contributed by atoms with van der Waals surface area (Å²) < 4.78 is 0. The number of aromatic nitrogens is 2. The monoisotopic (exact) mass is 212 g/mol. The van der Waals surface area contributed by atoms with E-state index in [1.165, 1.54) is 24.2 Å². The molecule has 16 heavy (non-hydrogen) atoms. The molecule has 0 saturated heterocycles. The first-order chi connectivity index (χ1) is 7.79. The number of hydrogen-bond donors (Lipinski definition) is 0. The number of fused-ring (bicyclic) bond motifs is 2. The first-order valence-corrected chi connectivity index (χ1v) is 6.06. The van der Waals surface area contributed by atoms with Gasteiger partial charge in [-0.2, -0.15) is 0 Å². The van der Waals surface area contributed by atoms with Crippen molar-refractivity contribution in [1.29, 1.82) is 0 Å². The molecule has 0 fully saturated rings. The summed E-state index contributed by atoms with van der Waals surface area (Å²) in [5.74, 6) is 1.18. The van der Waals surface area contributed by atoms with E-state index in [9.17, 15) is 0 Å². The molecule has 3 rings (SSSR count). The Kier molecular flexibility index (Phi) is 2.16. The van der Waals surface area contributed by atoms with Crippen LogP contribution in [0.3, 0.4) is 0 Å². The van der Waals surface area contributed by atoms with Gasteiger partial charge in [0.25, 0.3) is 0 Å². The minimum atomic E-state index is 0.567. The first-order valence-electron chi connectivity index (χ1n) is 6.06. The molecule has 0 radical (unpaired) electrons. The lowest BCUT2D eigenvalue weighted by Crippen LogP contribution is -1.98. The van der Waals surface area contributed by atoms with Gasteiger partial charge < -0.3 is 0 Å². The van der Waals surface area contributed by atoms with E-state index >= 15 is 0 Å². The Morgan fingerprint density at radius 2 is 1.75 bits per heavy atom. The molecule has 0 amide bonds. The van der Waals surface area contributed by atoms with Crippen LogP contribution < -0.4 is 0 Å². The van der Waals surface area contributed by atoms with Crippen molar-refractivity contribution in [3.05, 3.63) is 35.7 Å². The quantitative estimate of drug-likeness (QED) is 0.721. The van der Waals surface area contributed by atoms with E-state index in [2.05, 4.69) is 26.0 Å². The van der Waals surface area contributed by atoms with Crippen LogP contribution in [0.25, 0.3) is 11.0 Å². The summed E-state index contributed by atoms with van der Waals surface area (Å²) in [6.45, 7) is 4.50. The molecule has 2 nitrogen and oxygen atoms in total. The average molecular weight is 212 g/mol. The minimum Gasteiger partial charge on any atom is -0.249 e. The van der Waals surface area contributed by atoms with Crippen molar-refractivity contribution in [3.8, 4) is 0 Å². The maximum atomic E-state index is 4.80. The van der Waals surface area contributed by atoms with Gasteiger partial charge in [0.1, 0.15) is 0 Å². The molecule has 2 aromatic rings. The van der Waals surface area contributed by atoms with Crippen LogP contribution in [-0.4, -0.2) is 9.97 Å². The largest absolute Gasteiger partial charge is 0.249 e. The van der Waals surface area contributed by atoms with Gasteiger partial charge in [0, 0.05) is 11.8 Å². The van der Waals surface area contributed by atoms with E-state index in [1.807, 2.05) is 12.1 Å². The van der Waals surface area contributed by atoms with Gasteiger partial charge in [-0.25, -0.2) is 9.97 Å². The highest BCUT2D eigenvalue weighted by molar-refractivity contribution is 5.74. The molecule has 1 heterocycles. The fraction of sp³-hybridized carbons (Fsp3) is 0.429. The van der Waals surface area contributed by atoms with Crippen LogP contribution in [0, 0.1) is 0 Å². The van der Waals surface area contributed by atoms with Crippen LogP contribution in [0.1, 0.15) is 49.9 Å². The van der Waals surface area contributed by atoms with Crippen molar-refractivity contribution in [1.82, 2.24) is 9.97 Å². The zero-order chi connectivity index (χ0) is 11.1. The number of benzene rings is 1. The van der Waals surface area contributed by atoms with Crippen molar-refractivity contribution < 1.29 is 0 Å². The Labute approximate surface area is 95.7 Å². The van der Waals surface area contributed by atoms with E-state index in [1.54, 1.807) is 0 Å². The normalized spacial score (nSPS) is 23.6. The van der Waals surface area contributed by atoms with Crippen molar-refractivity contribution in [2.45, 2.75) is 38.5 Å². The highest BCUT2D eigenvalue weighted by Gasteiger charge is 2.30. The van der Waals surface area contributed by atoms with Crippen molar-refractivity contribution in [3.63, 3.8) is 0 Å². The third-order valence-corrected chi connectivity index (χ3v) is 3.61. The van der Waals surface area contributed by atoms with Crippen molar-refractivity contribution in [2.75, 3.05) is 0 Å². The molecule has 2 atom stereocenters. The predicted molar refractivity (Wildman–Crippen MR) is 65.6 cm³/mol. The number of hydrogen-bond acceptors (Lipinski definition) is 2. The fourth-order valence-corrected chi connectivity index (χ4v) is 2.70. The summed E-state index contributed by atoms with van der Waals surface area (Å²) in [7, 11) is 0. The maximum absolute atomic E-state index is 4.80. The summed E-state index contributed by atoms with van der Waals surface area (Å²) >= 11 is 0. The van der Waals surface area contributed by atoms with Gasteiger partial charge in [-0.05, 0) is 25.0 Å². The Morgan fingerprint density at radius 3 is 2.38 bits per heavy atom. The summed E-state index contributed by atoms with van der Waals surface area (Å²) in [6, 6.07) is 8.16. The zero-order valence-corrected chi connectivity index (χ0v) is 9.77. The highest BCUT2D eigenvalue weighted by atomic mass is 14.9. The van der Waals surface area contributed by atoms with E-state index < -0.39 is 0 Å². The molecule has 1 aliphatic rings. The Bertz CT molecular complexity index is 533. The van der Waals surface area contributed by atoms with Gasteiger partial charge in [0.05, 0.1) is 22.4 Å². The molecular formula is C14H16N2. The zero-order valence-electron chi connectivity index (χ0n) is 9.77. The molecule has 82 valence electrons. The molecule has 0 bridgehead atoms. The molecule has 2 heteroatoms. The Hall–Kier alpha value is -1.44. The van der Waals surface area contributed by atoms with Gasteiger partial charge in [0.2, 0.25) is 0 Å². The second kappa shape index (κ2) is 3.55. The van der Waals surface area contributed by atoms with Gasteiger partial charge in [0.15, 0.2) is 0 Å². The lowest BCUT2D eigenvalue weighted by Gasteiger charge is -2.07. The van der Waals surface area contributed by atoms with Crippen LogP contribution in [0.5, 0.6) is 0 Å². The van der Waals surface area contributed by atoms with Gasteiger partial charge >= 0.3 is 0 Å². The molecule has 0 saturated carbocycles. The topological polar surface area (TPSA) is 25.8 Å². The van der Waals surface area contributed by atoms with E-state index in [4.69, 9.17) is 9.97 Å². The second-order valence-electron chi connectivity index (χ2n) is 4.72. The molecular weight excluding hydrogens is 196 g/mol. The molecule has 2 unspecified atom stereocenters. The summed E-state index contributed by atoms with van der Waals surface area (Å²) in [5.41, 5.74) is 4.54. The molecule has 0 N–H and O–H groups in total. The number of nitrogens with zero attached hydrogens (tertiary/aromatic N) is 2. The fourth-order valence-electron chi connectivity index (χ4n) is 2.70. The molecule has 1 aromatic heterocycles. The third-order valence-electron chi connectivity index (χ3n) is 3.61. The molecule has 1 aliphatic carbocycles. The van der Waals surface area contributed by atoms with Crippen LogP contribution in [-0.2, 0) is 0 Å². The summed E-state index contributed by atoms with van der Waals surface area (Å²) in [4.78, 5) is 9.57. The first kappa shape index (κ1) is 9.76. The van der Waals surface area contributed by atoms with Crippen LogP contribution in [0.4, 0.5) is 0 Å². The minimum absolute atomic E-state index is 0.567. The van der Waals surface area contributed by atoms with Gasteiger partial charge in [-0.1, -0.05) is 26.0 Å². The maximum Gasteiger partial charge on any atom is 0.0890 e. The van der Waals surface area contributed by atoms with E-state index in [0.29, 0.717) is 11.8 Å². The lowest BCUT2D eigenvalue weighted by atomic mass is 10.0. The number of para-hydroxylation sites is 2. The van der Waals surface area contributed by atoms with E-state index in [-0.39, 0.29) is 0 Å². The van der Waals surface area contributed by atoms with Crippen molar-refractivity contribution in [2.24, 2.45) is 0 Å². The lowest BCUT2D eigenvalue weighted by molar-refractivity contribution is 0.594. The summed E-state index contributed by atoms with van der Waals surface area (Å²) in [5, 5.41) is 0. The molecule has 1 aromatic carbocycles. The van der Waals surface area contributed by atoms with Crippen LogP contribution in [0.15, 0.2) is 24.3 Å². The third kappa shape index (κ3) is 1.33. The number of rotatable bonds is 1. The summed E-state index contributed by atoms with van der Waals surface area (Å²) in [6.07, 6.45) is 2.38. The van der Waals surface area contributed by atoms with Gasteiger partial charge in [-0.15, -0.1) is 0 Å². The average Bonchev–Trinajstić information content (AvgIpc) is 2.63. The molecule has 0 aliphatic heterocycles. The van der Waals surface area contributed by atoms with Crippen LogP contribution in [0.2, 0.25) is 0 Å². The predicted octanol–water partition coefficient (Wildman–Crippen LogP) is 3.63. The highest BCUT2D eigenvalue weighted by Crippen LogP contribution is 2.41. The van der Waals surface area contributed by atoms with E-state index in [0.717, 1.165) is 11.0 Å². The second-order valence-corrected chi connectivity index (χ2v) is 4.72. The SMILES string of the molecule is CCC1CC(C)c2nc3ccccc3nc21. The Morgan fingerprint density at radius 1 is 1.12 bits per heavy atom. The Balaban J connectivity index is 2.25. The van der Waals surface area contributed by atoms with Crippen LogP contribution >= 0.6 is 0 Å². The smallest absolute Gasteiger partial charge is 0.0890 e. The standard InChI is InChI=1S/C14H16N2/c1-3-10-8-9(2)13-14(10)16-12-7-5-4-6-11(12)15-13/h4-7,9-10H,3,8H2,1-2H3.